The van der Waals surface area contributed by atoms with Crippen LogP contribution in [0, 0.1) is 0 Å². The maximum Gasteiger partial charge on any atom is 0.248 e. The van der Waals surface area contributed by atoms with Crippen molar-refractivity contribution in [3.63, 3.8) is 0 Å². The summed E-state index contributed by atoms with van der Waals surface area (Å²) in [4.78, 5) is 31.3. The molecular formula is C20H29N3O3. The second kappa shape index (κ2) is 8.64. The van der Waals surface area contributed by atoms with E-state index < -0.39 is 0 Å². The summed E-state index contributed by atoms with van der Waals surface area (Å²) in [5, 5.41) is 0. The minimum atomic E-state index is -0.101. The first-order valence-electron chi connectivity index (χ1n) is 9.50. The summed E-state index contributed by atoms with van der Waals surface area (Å²) in [6.45, 7) is 6.50. The first-order chi connectivity index (χ1) is 12.6. The highest BCUT2D eigenvalue weighted by atomic mass is 16.5. The van der Waals surface area contributed by atoms with Gasteiger partial charge in [0.25, 0.3) is 0 Å². The number of benzene rings is 1. The lowest BCUT2D eigenvalue weighted by Gasteiger charge is -2.38. The van der Waals surface area contributed by atoms with E-state index in [1.165, 1.54) is 18.2 Å². The Bertz CT molecular complexity index is 649. The number of likely N-dealkylation sites (N-methyl/N-ethyl adjacent to an activating group) is 1. The highest BCUT2D eigenvalue weighted by Gasteiger charge is 2.34. The number of hydrogen-bond donors (Lipinski definition) is 0. The van der Waals surface area contributed by atoms with E-state index in [2.05, 4.69) is 30.0 Å². The zero-order valence-corrected chi connectivity index (χ0v) is 15.8. The summed E-state index contributed by atoms with van der Waals surface area (Å²) in [6, 6.07) is 8.30. The number of methoxy groups -OCH3 is 1. The second-order valence-corrected chi connectivity index (χ2v) is 7.04. The van der Waals surface area contributed by atoms with Crippen molar-refractivity contribution in [2.75, 3.05) is 46.4 Å². The molecule has 1 aromatic carbocycles. The predicted octanol–water partition coefficient (Wildman–Crippen LogP) is 1.14. The molecule has 1 aromatic rings. The lowest BCUT2D eigenvalue weighted by atomic mass is 9.93. The molecule has 0 unspecified atom stereocenters. The zero-order valence-electron chi connectivity index (χ0n) is 15.8. The third kappa shape index (κ3) is 4.07. The van der Waals surface area contributed by atoms with Crippen molar-refractivity contribution < 1.29 is 14.3 Å². The molecule has 1 saturated heterocycles. The second-order valence-electron chi connectivity index (χ2n) is 7.04. The van der Waals surface area contributed by atoms with Gasteiger partial charge in [-0.2, -0.15) is 0 Å². The lowest BCUT2D eigenvalue weighted by molar-refractivity contribution is -0.139. The minimum Gasteiger partial charge on any atom is -0.375 e. The molecule has 6 heteroatoms. The SMILES string of the molecule is CCN1Cc2ccccc2C[C@H]1C(=O)N1CCCN(C(=O)COC)CC1. The Kier molecular flexibility index (Phi) is 6.27. The van der Waals surface area contributed by atoms with Crippen molar-refractivity contribution in [1.82, 2.24) is 14.7 Å². The molecule has 2 aliphatic rings. The Hall–Kier alpha value is -1.92. The molecule has 3 rings (SSSR count). The summed E-state index contributed by atoms with van der Waals surface area (Å²) in [5.41, 5.74) is 2.60. The van der Waals surface area contributed by atoms with Crippen molar-refractivity contribution >= 4 is 11.8 Å². The molecule has 0 N–H and O–H groups in total. The number of carbonyl (C=O) groups is 2. The third-order valence-corrected chi connectivity index (χ3v) is 5.47. The Labute approximate surface area is 155 Å². The Morgan fingerprint density at radius 2 is 1.77 bits per heavy atom. The van der Waals surface area contributed by atoms with E-state index in [1.54, 1.807) is 0 Å². The number of ether oxygens (including phenoxy) is 1. The van der Waals surface area contributed by atoms with Crippen LogP contribution in [0.1, 0.15) is 24.5 Å². The topological polar surface area (TPSA) is 53.1 Å². The standard InChI is InChI=1S/C20H29N3O3/c1-3-21-14-17-8-5-4-7-16(17)13-18(21)20(25)23-10-6-9-22(11-12-23)19(24)15-26-2/h4-5,7-8,18H,3,6,9-15H2,1-2H3/t18-/m0/s1. The molecule has 2 amide bonds. The number of nitrogens with zero attached hydrogens (tertiary/aromatic N) is 3. The number of rotatable bonds is 4. The van der Waals surface area contributed by atoms with Gasteiger partial charge in [0.1, 0.15) is 6.61 Å². The molecular weight excluding hydrogens is 330 g/mol. The monoisotopic (exact) mass is 359 g/mol. The molecule has 0 aliphatic carbocycles. The maximum atomic E-state index is 13.2. The summed E-state index contributed by atoms with van der Waals surface area (Å²) >= 11 is 0. The molecule has 2 aliphatic heterocycles. The highest BCUT2D eigenvalue weighted by molar-refractivity contribution is 5.83. The van der Waals surface area contributed by atoms with Gasteiger partial charge in [0.05, 0.1) is 6.04 Å². The van der Waals surface area contributed by atoms with Crippen molar-refractivity contribution in [2.45, 2.75) is 32.4 Å². The number of amides is 2. The van der Waals surface area contributed by atoms with Crippen LogP contribution in [0.3, 0.4) is 0 Å². The van der Waals surface area contributed by atoms with E-state index in [4.69, 9.17) is 4.74 Å². The molecule has 6 nitrogen and oxygen atoms in total. The van der Waals surface area contributed by atoms with Gasteiger partial charge in [-0.15, -0.1) is 0 Å². The van der Waals surface area contributed by atoms with Crippen LogP contribution in [0.5, 0.6) is 0 Å². The highest BCUT2D eigenvalue weighted by Crippen LogP contribution is 2.24. The molecule has 2 heterocycles. The van der Waals surface area contributed by atoms with Crippen LogP contribution in [-0.2, 0) is 27.3 Å². The molecule has 0 spiro atoms. The fourth-order valence-electron chi connectivity index (χ4n) is 3.97. The lowest BCUT2D eigenvalue weighted by Crippen LogP contribution is -2.52. The molecule has 1 fully saturated rings. The normalized spacial score (nSPS) is 21.2. The van der Waals surface area contributed by atoms with Crippen molar-refractivity contribution in [1.29, 1.82) is 0 Å². The molecule has 0 radical (unpaired) electrons. The van der Waals surface area contributed by atoms with Gasteiger partial charge >= 0.3 is 0 Å². The summed E-state index contributed by atoms with van der Waals surface area (Å²) in [6.07, 6.45) is 1.59. The average Bonchev–Trinajstić information content (AvgIpc) is 2.93. The van der Waals surface area contributed by atoms with Crippen molar-refractivity contribution in [2.24, 2.45) is 0 Å². The van der Waals surface area contributed by atoms with E-state index in [9.17, 15) is 9.59 Å². The Balaban J connectivity index is 1.67. The molecule has 1 atom stereocenters. The van der Waals surface area contributed by atoms with Crippen LogP contribution in [0.15, 0.2) is 24.3 Å². The Morgan fingerprint density at radius 3 is 2.50 bits per heavy atom. The van der Waals surface area contributed by atoms with Crippen molar-refractivity contribution in [3.05, 3.63) is 35.4 Å². The molecule has 0 saturated carbocycles. The van der Waals surface area contributed by atoms with E-state index in [1.807, 2.05) is 15.9 Å². The molecule has 0 bridgehead atoms. The Morgan fingerprint density at radius 1 is 1.08 bits per heavy atom. The zero-order chi connectivity index (χ0) is 18.5. The average molecular weight is 359 g/mol. The summed E-state index contributed by atoms with van der Waals surface area (Å²) < 4.78 is 4.95. The van der Waals surface area contributed by atoms with Gasteiger partial charge in [0, 0.05) is 39.8 Å². The van der Waals surface area contributed by atoms with E-state index in [-0.39, 0.29) is 24.5 Å². The third-order valence-electron chi connectivity index (χ3n) is 5.47. The van der Waals surface area contributed by atoms with E-state index >= 15 is 0 Å². The predicted molar refractivity (Wildman–Crippen MR) is 99.7 cm³/mol. The summed E-state index contributed by atoms with van der Waals surface area (Å²) in [5.74, 6) is 0.200. The van der Waals surface area contributed by atoms with Crippen LogP contribution in [-0.4, -0.2) is 79.0 Å². The van der Waals surface area contributed by atoms with Crippen LogP contribution >= 0.6 is 0 Å². The smallest absolute Gasteiger partial charge is 0.248 e. The van der Waals surface area contributed by atoms with E-state index in [0.29, 0.717) is 26.2 Å². The van der Waals surface area contributed by atoms with Gasteiger partial charge in [-0.1, -0.05) is 31.2 Å². The summed E-state index contributed by atoms with van der Waals surface area (Å²) in [7, 11) is 1.53. The molecule has 26 heavy (non-hydrogen) atoms. The van der Waals surface area contributed by atoms with Gasteiger partial charge in [-0.3, -0.25) is 14.5 Å². The van der Waals surface area contributed by atoms with Gasteiger partial charge in [0.15, 0.2) is 0 Å². The fourth-order valence-corrected chi connectivity index (χ4v) is 3.97. The minimum absolute atomic E-state index is 0.00331. The maximum absolute atomic E-state index is 13.2. The molecule has 0 aromatic heterocycles. The first kappa shape index (κ1) is 18.9. The van der Waals surface area contributed by atoms with Crippen LogP contribution in [0.2, 0.25) is 0 Å². The van der Waals surface area contributed by atoms with Crippen LogP contribution in [0.4, 0.5) is 0 Å². The quantitative estimate of drug-likeness (QED) is 0.809. The van der Waals surface area contributed by atoms with E-state index in [0.717, 1.165) is 25.9 Å². The molecule has 142 valence electrons. The van der Waals surface area contributed by atoms with Gasteiger partial charge < -0.3 is 14.5 Å². The van der Waals surface area contributed by atoms with Crippen molar-refractivity contribution in [3.8, 4) is 0 Å². The van der Waals surface area contributed by atoms with Crippen LogP contribution in [0.25, 0.3) is 0 Å². The van der Waals surface area contributed by atoms with Gasteiger partial charge in [-0.05, 0) is 30.5 Å². The largest absolute Gasteiger partial charge is 0.375 e. The number of hydrogen-bond acceptors (Lipinski definition) is 4. The number of carbonyl (C=O) groups excluding carboxylic acids is 2. The van der Waals surface area contributed by atoms with Gasteiger partial charge in [-0.25, -0.2) is 0 Å². The fraction of sp³-hybridized carbons (Fsp3) is 0.600. The van der Waals surface area contributed by atoms with Crippen LogP contribution < -0.4 is 0 Å². The number of fused-ring (bicyclic) bond motifs is 1. The first-order valence-corrected chi connectivity index (χ1v) is 9.50. The van der Waals surface area contributed by atoms with Gasteiger partial charge in [0.2, 0.25) is 11.8 Å².